The summed E-state index contributed by atoms with van der Waals surface area (Å²) in [6.07, 6.45) is 20.0. The van der Waals surface area contributed by atoms with E-state index in [0.717, 1.165) is 12.8 Å². The van der Waals surface area contributed by atoms with Gasteiger partial charge in [-0.2, -0.15) is 48.6 Å². The van der Waals surface area contributed by atoms with Gasteiger partial charge >= 0.3 is 25.8 Å². The Bertz CT molecular complexity index is 301. The summed E-state index contributed by atoms with van der Waals surface area (Å²) in [6, 6.07) is 12.5. The molecule has 0 saturated carbocycles. The van der Waals surface area contributed by atoms with Gasteiger partial charge in [0.2, 0.25) is 0 Å². The van der Waals surface area contributed by atoms with E-state index < -0.39 is 0 Å². The molecule has 0 aromatic heterocycles. The first kappa shape index (κ1) is 23.8. The average molecular weight is 455 g/mol. The molecule has 0 spiro atoms. The van der Waals surface area contributed by atoms with Gasteiger partial charge in [-0.05, 0) is 0 Å². The fraction of sp³-hybridized carbons (Fsp3) is 0.125. The molecule has 2 aliphatic carbocycles. The second-order valence-corrected chi connectivity index (χ2v) is 3.08. The first-order valence-electron chi connectivity index (χ1n) is 5.34. The molecular weight excluding hydrogens is 438 g/mol. The van der Waals surface area contributed by atoms with Gasteiger partial charge in [-0.3, -0.25) is 12.2 Å². The SMILES string of the molecule is Cl.[C-]1=CC=CC1.[C-]1=CC=CC1.[Hf+4].[SH-].[c-]1ccccc1. The topological polar surface area (TPSA) is 0 Å². The third-order valence-corrected chi connectivity index (χ3v) is 1.78. The zero-order valence-electron chi connectivity index (χ0n) is 10.6. The van der Waals surface area contributed by atoms with Crippen LogP contribution in [0.2, 0.25) is 0 Å². The quantitative estimate of drug-likeness (QED) is 0.244. The van der Waals surface area contributed by atoms with E-state index in [2.05, 4.69) is 30.4 Å². The van der Waals surface area contributed by atoms with E-state index in [1.165, 1.54) is 0 Å². The molecule has 3 heteroatoms. The number of hydrogen-bond donors (Lipinski definition) is 0. The van der Waals surface area contributed by atoms with Crippen LogP contribution in [-0.2, 0) is 39.3 Å². The average Bonchev–Trinajstić information content (AvgIpc) is 3.10. The normalized spacial score (nSPS) is 11.8. The number of thiol groups is 1. The molecule has 0 fully saturated rings. The van der Waals surface area contributed by atoms with Crippen molar-refractivity contribution in [1.82, 2.24) is 0 Å². The van der Waals surface area contributed by atoms with Crippen LogP contribution >= 0.6 is 12.4 Å². The molecule has 0 heterocycles. The molecule has 19 heavy (non-hydrogen) atoms. The van der Waals surface area contributed by atoms with Crippen molar-refractivity contribution in [2.75, 3.05) is 0 Å². The maximum atomic E-state index is 2.99. The third kappa shape index (κ3) is 17.7. The molecule has 0 amide bonds. The predicted octanol–water partition coefficient (Wildman–Crippen LogP) is 4.25. The van der Waals surface area contributed by atoms with E-state index in [0.29, 0.717) is 0 Å². The standard InChI is InChI=1S/C6H5.2C5H5.ClH.Hf.H2S/c1-2-4-6-5-3-1;2*1-2-4-5-3-1;;;/h1-5H;2*1-3H,4H2;1H;;1H2/q3*-1;;+4;/p-1. The van der Waals surface area contributed by atoms with Crippen molar-refractivity contribution in [3.8, 4) is 0 Å². The molecule has 98 valence electrons. The van der Waals surface area contributed by atoms with Crippen molar-refractivity contribution in [3.63, 3.8) is 0 Å². The molecule has 1 aromatic rings. The maximum Gasteiger partial charge on any atom is 4.00 e. The van der Waals surface area contributed by atoms with Gasteiger partial charge in [0.25, 0.3) is 0 Å². The minimum Gasteiger partial charge on any atom is -0.813 e. The van der Waals surface area contributed by atoms with Gasteiger partial charge in [-0.1, -0.05) is 0 Å². The number of halogens is 1. The molecule has 0 nitrogen and oxygen atoms in total. The second kappa shape index (κ2) is 20.0. The molecule has 0 N–H and O–H groups in total. The minimum absolute atomic E-state index is 0. The van der Waals surface area contributed by atoms with E-state index >= 15 is 0 Å². The van der Waals surface area contributed by atoms with Crippen LogP contribution in [0.3, 0.4) is 0 Å². The van der Waals surface area contributed by atoms with E-state index in [-0.39, 0.29) is 51.7 Å². The summed E-state index contributed by atoms with van der Waals surface area (Å²) in [5, 5.41) is 0. The number of rotatable bonds is 0. The largest absolute Gasteiger partial charge is 4.00 e. The maximum absolute atomic E-state index is 2.99. The summed E-state index contributed by atoms with van der Waals surface area (Å²) >= 11 is 0. The number of hydrogen-bond acceptors (Lipinski definition) is 1. The predicted molar refractivity (Wildman–Crippen MR) is 84.4 cm³/mol. The van der Waals surface area contributed by atoms with E-state index in [1.54, 1.807) is 0 Å². The van der Waals surface area contributed by atoms with Crippen molar-refractivity contribution >= 4 is 25.9 Å². The van der Waals surface area contributed by atoms with Crippen LogP contribution in [0.1, 0.15) is 12.8 Å². The van der Waals surface area contributed by atoms with E-state index in [1.807, 2.05) is 54.6 Å². The van der Waals surface area contributed by atoms with Gasteiger partial charge in [0.15, 0.2) is 0 Å². The smallest absolute Gasteiger partial charge is 0.813 e. The van der Waals surface area contributed by atoms with Crippen LogP contribution < -0.4 is 0 Å². The molecule has 0 atom stereocenters. The van der Waals surface area contributed by atoms with Crippen LogP contribution in [0.25, 0.3) is 0 Å². The van der Waals surface area contributed by atoms with Crippen LogP contribution in [0.15, 0.2) is 66.8 Å². The summed E-state index contributed by atoms with van der Waals surface area (Å²) in [4.78, 5) is 0. The second-order valence-electron chi connectivity index (χ2n) is 3.08. The first-order valence-corrected chi connectivity index (χ1v) is 5.34. The van der Waals surface area contributed by atoms with Crippen molar-refractivity contribution < 1.29 is 25.8 Å². The molecule has 0 bridgehead atoms. The Labute approximate surface area is 149 Å². The molecule has 0 radical (unpaired) electrons. The van der Waals surface area contributed by atoms with Crippen LogP contribution in [0.5, 0.6) is 0 Å². The van der Waals surface area contributed by atoms with Crippen molar-refractivity contribution in [2.45, 2.75) is 12.8 Å². The zero-order valence-corrected chi connectivity index (χ0v) is 15.9. The Balaban J connectivity index is -0.000000188. The zero-order chi connectivity index (χ0) is 11.3. The third-order valence-electron chi connectivity index (χ3n) is 1.78. The van der Waals surface area contributed by atoms with Crippen LogP contribution in [0.4, 0.5) is 0 Å². The van der Waals surface area contributed by atoms with E-state index in [4.69, 9.17) is 0 Å². The Morgan fingerprint density at radius 1 is 0.737 bits per heavy atom. The molecular formula is C16H17ClHfS. The van der Waals surface area contributed by atoms with Gasteiger partial charge in [0.05, 0.1) is 0 Å². The molecule has 2 aliphatic rings. The van der Waals surface area contributed by atoms with E-state index in [9.17, 15) is 0 Å². The molecule has 0 saturated heterocycles. The number of allylic oxidation sites excluding steroid dienone is 8. The Morgan fingerprint density at radius 3 is 1.32 bits per heavy atom. The van der Waals surface area contributed by atoms with Gasteiger partial charge in [0, 0.05) is 0 Å². The molecule has 1 aromatic carbocycles. The Kier molecular flexibility index (Phi) is 25.0. The van der Waals surface area contributed by atoms with Gasteiger partial charge in [-0.25, -0.2) is 24.3 Å². The fourth-order valence-electron chi connectivity index (χ4n) is 1.02. The minimum atomic E-state index is 0. The van der Waals surface area contributed by atoms with Crippen LogP contribution in [0, 0.1) is 18.2 Å². The monoisotopic (exact) mass is 456 g/mol. The van der Waals surface area contributed by atoms with Crippen molar-refractivity contribution in [1.29, 1.82) is 0 Å². The van der Waals surface area contributed by atoms with Crippen molar-refractivity contribution in [2.24, 2.45) is 0 Å². The van der Waals surface area contributed by atoms with Gasteiger partial charge in [0.1, 0.15) is 0 Å². The summed E-state index contributed by atoms with van der Waals surface area (Å²) in [6.45, 7) is 0. The van der Waals surface area contributed by atoms with Gasteiger partial charge < -0.3 is 13.5 Å². The first-order chi connectivity index (χ1) is 8.00. The Hall–Kier alpha value is -0.310. The van der Waals surface area contributed by atoms with Gasteiger partial charge in [-0.15, -0.1) is 25.2 Å². The number of benzene rings is 1. The molecule has 0 aliphatic heterocycles. The van der Waals surface area contributed by atoms with Crippen LogP contribution in [-0.4, -0.2) is 0 Å². The summed E-state index contributed by atoms with van der Waals surface area (Å²) in [7, 11) is 0. The summed E-state index contributed by atoms with van der Waals surface area (Å²) in [5.74, 6) is 0. The molecule has 3 rings (SSSR count). The fourth-order valence-corrected chi connectivity index (χ4v) is 1.02. The summed E-state index contributed by atoms with van der Waals surface area (Å²) < 4.78 is 0. The van der Waals surface area contributed by atoms with Crippen molar-refractivity contribution in [3.05, 3.63) is 85.0 Å². The summed E-state index contributed by atoms with van der Waals surface area (Å²) in [5.41, 5.74) is 0. The molecule has 0 unspecified atom stereocenters. The Morgan fingerprint density at radius 2 is 1.21 bits per heavy atom.